The highest BCUT2D eigenvalue weighted by atomic mass is 16.5. The van der Waals surface area contributed by atoms with Gasteiger partial charge in [-0.05, 0) is 56.4 Å². The molecule has 24 heavy (non-hydrogen) atoms. The Hall–Kier alpha value is -1.94. The van der Waals surface area contributed by atoms with E-state index in [2.05, 4.69) is 11.9 Å². The van der Waals surface area contributed by atoms with Crippen LogP contribution in [0.1, 0.15) is 49.4 Å². The molecule has 0 spiro atoms. The molecule has 0 saturated heterocycles. The van der Waals surface area contributed by atoms with Gasteiger partial charge in [0.15, 0.2) is 5.78 Å². The van der Waals surface area contributed by atoms with E-state index in [0.717, 1.165) is 48.6 Å². The standard InChI is InChI=1S/C20H25NO3/c1-3-12-24-19-11-7-15-13-16(6-10-18(15)21-19)20(22)14-4-8-17(23-2)9-5-14/h6-7,10-11,13-14,17H,3-5,8-9,12H2,1-2H3. The summed E-state index contributed by atoms with van der Waals surface area (Å²) in [6.07, 6.45) is 5.05. The predicted octanol–water partition coefficient (Wildman–Crippen LogP) is 4.41. The topological polar surface area (TPSA) is 48.4 Å². The molecular formula is C20H25NO3. The zero-order valence-corrected chi connectivity index (χ0v) is 14.5. The highest BCUT2D eigenvalue weighted by molar-refractivity contribution is 6.00. The molecule has 1 aromatic heterocycles. The molecule has 128 valence electrons. The summed E-state index contributed by atoms with van der Waals surface area (Å²) < 4.78 is 11.0. The van der Waals surface area contributed by atoms with Crippen molar-refractivity contribution >= 4 is 16.7 Å². The van der Waals surface area contributed by atoms with E-state index >= 15 is 0 Å². The summed E-state index contributed by atoms with van der Waals surface area (Å²) in [5.41, 5.74) is 1.65. The normalized spacial score (nSPS) is 20.9. The minimum atomic E-state index is 0.119. The summed E-state index contributed by atoms with van der Waals surface area (Å²) in [6, 6.07) is 9.62. The average Bonchev–Trinajstić information content (AvgIpc) is 2.65. The molecule has 0 atom stereocenters. The van der Waals surface area contributed by atoms with Gasteiger partial charge >= 0.3 is 0 Å². The first-order chi connectivity index (χ1) is 11.7. The maximum Gasteiger partial charge on any atom is 0.213 e. The molecule has 1 heterocycles. The minimum Gasteiger partial charge on any atom is -0.478 e. The van der Waals surface area contributed by atoms with E-state index < -0.39 is 0 Å². The number of hydrogen-bond donors (Lipinski definition) is 0. The molecule has 0 unspecified atom stereocenters. The van der Waals surface area contributed by atoms with Crippen molar-refractivity contribution in [2.75, 3.05) is 13.7 Å². The fourth-order valence-corrected chi connectivity index (χ4v) is 3.34. The Kier molecular flexibility index (Phi) is 5.46. The lowest BCUT2D eigenvalue weighted by molar-refractivity contribution is 0.0519. The molecule has 2 aromatic rings. The van der Waals surface area contributed by atoms with E-state index in [9.17, 15) is 4.79 Å². The monoisotopic (exact) mass is 327 g/mol. The van der Waals surface area contributed by atoms with Crippen LogP contribution in [0.4, 0.5) is 0 Å². The first-order valence-electron chi connectivity index (χ1n) is 8.82. The first-order valence-corrected chi connectivity index (χ1v) is 8.82. The molecule has 4 heteroatoms. The molecule has 0 bridgehead atoms. The van der Waals surface area contributed by atoms with Crippen molar-refractivity contribution in [2.45, 2.75) is 45.1 Å². The number of ether oxygens (including phenoxy) is 2. The van der Waals surface area contributed by atoms with Crippen LogP contribution in [0.25, 0.3) is 10.9 Å². The van der Waals surface area contributed by atoms with Crippen LogP contribution in [0, 0.1) is 5.92 Å². The first kappa shape index (κ1) is 16.9. The van der Waals surface area contributed by atoms with Crippen molar-refractivity contribution < 1.29 is 14.3 Å². The molecule has 3 rings (SSSR count). The lowest BCUT2D eigenvalue weighted by atomic mass is 9.82. The number of pyridine rings is 1. The molecule has 0 amide bonds. The number of ketones is 1. The zero-order valence-electron chi connectivity index (χ0n) is 14.5. The van der Waals surface area contributed by atoms with Crippen molar-refractivity contribution in [2.24, 2.45) is 5.92 Å². The number of Topliss-reactive ketones (excluding diaryl/α,β-unsaturated/α-hetero) is 1. The number of aromatic nitrogens is 1. The third-order valence-corrected chi connectivity index (χ3v) is 4.78. The summed E-state index contributed by atoms with van der Waals surface area (Å²) in [5.74, 6) is 1.01. The van der Waals surface area contributed by atoms with Gasteiger partial charge in [-0.2, -0.15) is 0 Å². The van der Waals surface area contributed by atoms with Gasteiger partial charge in [0.2, 0.25) is 5.88 Å². The lowest BCUT2D eigenvalue weighted by Gasteiger charge is -2.26. The predicted molar refractivity (Wildman–Crippen MR) is 94.6 cm³/mol. The Bertz CT molecular complexity index is 705. The second kappa shape index (κ2) is 7.75. The third kappa shape index (κ3) is 3.75. The molecule has 1 aromatic carbocycles. The average molecular weight is 327 g/mol. The van der Waals surface area contributed by atoms with E-state index in [1.54, 1.807) is 7.11 Å². The second-order valence-corrected chi connectivity index (χ2v) is 6.48. The molecule has 1 aliphatic rings. The second-order valence-electron chi connectivity index (χ2n) is 6.48. The molecule has 1 aliphatic carbocycles. The molecule has 4 nitrogen and oxygen atoms in total. The Morgan fingerprint density at radius 2 is 1.96 bits per heavy atom. The quantitative estimate of drug-likeness (QED) is 0.737. The van der Waals surface area contributed by atoms with E-state index in [-0.39, 0.29) is 11.7 Å². The van der Waals surface area contributed by atoms with Crippen molar-refractivity contribution in [1.29, 1.82) is 0 Å². The van der Waals surface area contributed by atoms with Crippen molar-refractivity contribution in [3.63, 3.8) is 0 Å². The maximum absolute atomic E-state index is 12.8. The highest BCUT2D eigenvalue weighted by Crippen LogP contribution is 2.29. The van der Waals surface area contributed by atoms with E-state index in [4.69, 9.17) is 9.47 Å². The number of nitrogens with zero attached hydrogens (tertiary/aromatic N) is 1. The lowest BCUT2D eigenvalue weighted by Crippen LogP contribution is -2.25. The summed E-state index contributed by atoms with van der Waals surface area (Å²) in [7, 11) is 1.75. The van der Waals surface area contributed by atoms with Crippen LogP contribution >= 0.6 is 0 Å². The van der Waals surface area contributed by atoms with Crippen LogP contribution in [0.15, 0.2) is 30.3 Å². The summed E-state index contributed by atoms with van der Waals surface area (Å²) in [6.45, 7) is 2.73. The van der Waals surface area contributed by atoms with E-state index in [0.29, 0.717) is 18.6 Å². The van der Waals surface area contributed by atoms with E-state index in [1.807, 2.05) is 30.3 Å². The van der Waals surface area contributed by atoms with Crippen molar-refractivity contribution in [3.05, 3.63) is 35.9 Å². The van der Waals surface area contributed by atoms with Crippen LogP contribution in [-0.4, -0.2) is 30.6 Å². The van der Waals surface area contributed by atoms with Crippen molar-refractivity contribution in [3.8, 4) is 5.88 Å². The zero-order chi connectivity index (χ0) is 16.9. The number of carbonyl (C=O) groups is 1. The summed E-state index contributed by atoms with van der Waals surface area (Å²) in [5, 5.41) is 0.982. The number of methoxy groups -OCH3 is 1. The van der Waals surface area contributed by atoms with Gasteiger partial charge in [0, 0.05) is 30.0 Å². The van der Waals surface area contributed by atoms with E-state index in [1.165, 1.54) is 0 Å². The maximum atomic E-state index is 12.8. The smallest absolute Gasteiger partial charge is 0.213 e. The molecular weight excluding hydrogens is 302 g/mol. The van der Waals surface area contributed by atoms with Crippen LogP contribution in [-0.2, 0) is 4.74 Å². The van der Waals surface area contributed by atoms with Gasteiger partial charge < -0.3 is 9.47 Å². The molecule has 1 saturated carbocycles. The Morgan fingerprint density at radius 3 is 2.67 bits per heavy atom. The number of hydrogen-bond acceptors (Lipinski definition) is 4. The van der Waals surface area contributed by atoms with Crippen molar-refractivity contribution in [1.82, 2.24) is 4.98 Å². The number of rotatable bonds is 6. The van der Waals surface area contributed by atoms with Crippen LogP contribution in [0.5, 0.6) is 5.88 Å². The SMILES string of the molecule is CCCOc1ccc2cc(C(=O)C3CCC(OC)CC3)ccc2n1. The Labute approximate surface area is 143 Å². The van der Waals surface area contributed by atoms with Gasteiger partial charge in [-0.25, -0.2) is 4.98 Å². The summed E-state index contributed by atoms with van der Waals surface area (Å²) in [4.78, 5) is 17.3. The molecule has 0 N–H and O–H groups in total. The van der Waals surface area contributed by atoms with Gasteiger partial charge in [0.1, 0.15) is 0 Å². The van der Waals surface area contributed by atoms with Gasteiger partial charge in [-0.15, -0.1) is 0 Å². The third-order valence-electron chi connectivity index (χ3n) is 4.78. The number of fused-ring (bicyclic) bond motifs is 1. The Balaban J connectivity index is 1.74. The molecule has 0 radical (unpaired) electrons. The summed E-state index contributed by atoms with van der Waals surface area (Å²) >= 11 is 0. The Morgan fingerprint density at radius 1 is 1.17 bits per heavy atom. The van der Waals surface area contributed by atoms with Crippen LogP contribution in [0.2, 0.25) is 0 Å². The number of benzene rings is 1. The molecule has 0 aliphatic heterocycles. The minimum absolute atomic E-state index is 0.119. The fourth-order valence-electron chi connectivity index (χ4n) is 3.34. The molecule has 1 fully saturated rings. The van der Waals surface area contributed by atoms with Gasteiger partial charge in [0.05, 0.1) is 18.2 Å². The largest absolute Gasteiger partial charge is 0.478 e. The van der Waals surface area contributed by atoms with Gasteiger partial charge in [0.25, 0.3) is 0 Å². The van der Waals surface area contributed by atoms with Gasteiger partial charge in [-0.1, -0.05) is 6.92 Å². The van der Waals surface area contributed by atoms with Crippen LogP contribution < -0.4 is 4.74 Å². The van der Waals surface area contributed by atoms with Gasteiger partial charge in [-0.3, -0.25) is 4.79 Å². The highest BCUT2D eigenvalue weighted by Gasteiger charge is 2.27. The number of carbonyl (C=O) groups excluding carboxylic acids is 1. The fraction of sp³-hybridized carbons (Fsp3) is 0.500. The van der Waals surface area contributed by atoms with Crippen LogP contribution in [0.3, 0.4) is 0 Å².